The van der Waals surface area contributed by atoms with Gasteiger partial charge in [0.05, 0.1) is 13.2 Å². The van der Waals surface area contributed by atoms with E-state index in [1.165, 1.54) is 0 Å². The van der Waals surface area contributed by atoms with E-state index >= 15 is 0 Å². The third kappa shape index (κ3) is 3.89. The molecule has 0 aliphatic carbocycles. The Morgan fingerprint density at radius 2 is 2.08 bits per heavy atom. The van der Waals surface area contributed by atoms with Gasteiger partial charge in [0.15, 0.2) is 11.5 Å². The second kappa shape index (κ2) is 7.69. The first-order valence-corrected chi connectivity index (χ1v) is 7.95. The van der Waals surface area contributed by atoms with Crippen molar-refractivity contribution >= 4 is 34.9 Å². The highest BCUT2D eigenvalue weighted by Crippen LogP contribution is 2.22. The number of nitrogens with two attached hydrogens (primary N) is 1. The lowest BCUT2D eigenvalue weighted by Gasteiger charge is -2.28. The van der Waals surface area contributed by atoms with E-state index in [0.29, 0.717) is 47.9 Å². The van der Waals surface area contributed by atoms with Crippen LogP contribution in [0.3, 0.4) is 0 Å². The molecule has 1 saturated heterocycles. The van der Waals surface area contributed by atoms with Gasteiger partial charge >= 0.3 is 0 Å². The predicted octanol–water partition coefficient (Wildman–Crippen LogP) is 2.17. The summed E-state index contributed by atoms with van der Waals surface area (Å²) in [5.41, 5.74) is 6.87. The summed E-state index contributed by atoms with van der Waals surface area (Å²) in [6, 6.07) is 5.16. The first-order valence-electron chi connectivity index (χ1n) is 7.20. The SMILES string of the molecule is Nc1nonc1C(=NOCc1ccc(Cl)cc1Cl)N1CCOCC1. The number of hydrogen-bond donors (Lipinski definition) is 1. The number of nitrogen functional groups attached to an aromatic ring is 1. The van der Waals surface area contributed by atoms with Gasteiger partial charge in [0.2, 0.25) is 5.84 Å². The Morgan fingerprint density at radius 1 is 1.29 bits per heavy atom. The zero-order valence-corrected chi connectivity index (χ0v) is 14.1. The Hall–Kier alpha value is -2.03. The van der Waals surface area contributed by atoms with Crippen molar-refractivity contribution in [2.75, 3.05) is 32.0 Å². The standard InChI is InChI=1S/C14H15Cl2N5O3/c15-10-2-1-9(11(16)7-10)8-23-20-14(12-13(17)19-24-18-12)21-3-5-22-6-4-21/h1-2,7H,3-6,8H2,(H2,17,19). The first-order chi connectivity index (χ1) is 11.6. The van der Waals surface area contributed by atoms with E-state index in [4.69, 9.17) is 38.5 Å². The fourth-order valence-electron chi connectivity index (χ4n) is 2.18. The van der Waals surface area contributed by atoms with Gasteiger partial charge < -0.3 is 20.2 Å². The van der Waals surface area contributed by atoms with Gasteiger partial charge in [-0.15, -0.1) is 0 Å². The van der Waals surface area contributed by atoms with Crippen molar-refractivity contribution in [3.63, 3.8) is 0 Å². The highest BCUT2D eigenvalue weighted by molar-refractivity contribution is 6.35. The van der Waals surface area contributed by atoms with Gasteiger partial charge in [-0.25, -0.2) is 4.63 Å². The zero-order chi connectivity index (χ0) is 16.9. The molecular formula is C14H15Cl2N5O3. The highest BCUT2D eigenvalue weighted by Gasteiger charge is 2.23. The number of halogens is 2. The minimum absolute atomic E-state index is 0.147. The lowest BCUT2D eigenvalue weighted by atomic mass is 10.2. The number of nitrogens with zero attached hydrogens (tertiary/aromatic N) is 4. The van der Waals surface area contributed by atoms with E-state index in [1.54, 1.807) is 18.2 Å². The number of aromatic nitrogens is 2. The smallest absolute Gasteiger partial charge is 0.201 e. The molecule has 0 bridgehead atoms. The maximum absolute atomic E-state index is 6.12. The molecule has 8 nitrogen and oxygen atoms in total. The Kier molecular flexibility index (Phi) is 5.39. The Morgan fingerprint density at radius 3 is 2.75 bits per heavy atom. The number of morpholine rings is 1. The van der Waals surface area contributed by atoms with Crippen LogP contribution < -0.4 is 5.73 Å². The van der Waals surface area contributed by atoms with Crippen LogP contribution in [0.4, 0.5) is 5.82 Å². The summed E-state index contributed by atoms with van der Waals surface area (Å²) in [7, 11) is 0. The van der Waals surface area contributed by atoms with Crippen molar-refractivity contribution in [2.24, 2.45) is 5.16 Å². The molecule has 24 heavy (non-hydrogen) atoms. The fourth-order valence-corrected chi connectivity index (χ4v) is 2.64. The molecule has 1 aromatic heterocycles. The molecule has 1 aliphatic rings. The monoisotopic (exact) mass is 371 g/mol. The average molecular weight is 372 g/mol. The van der Waals surface area contributed by atoms with E-state index in [0.717, 1.165) is 5.56 Å². The molecule has 0 unspecified atom stereocenters. The molecular weight excluding hydrogens is 357 g/mol. The first kappa shape index (κ1) is 16.8. The number of benzene rings is 1. The lowest BCUT2D eigenvalue weighted by Crippen LogP contribution is -2.41. The third-order valence-electron chi connectivity index (χ3n) is 3.42. The molecule has 3 rings (SSSR count). The number of hydrogen-bond acceptors (Lipinski definition) is 7. The molecule has 1 fully saturated rings. The van der Waals surface area contributed by atoms with Gasteiger partial charge in [0, 0.05) is 28.7 Å². The normalized spacial score (nSPS) is 15.6. The fraction of sp³-hybridized carbons (Fsp3) is 0.357. The lowest BCUT2D eigenvalue weighted by molar-refractivity contribution is 0.0630. The Labute approximate surface area is 148 Å². The van der Waals surface area contributed by atoms with Crippen molar-refractivity contribution < 1.29 is 14.2 Å². The summed E-state index contributed by atoms with van der Waals surface area (Å²) in [4.78, 5) is 7.39. The summed E-state index contributed by atoms with van der Waals surface area (Å²) in [5.74, 6) is 0.593. The van der Waals surface area contributed by atoms with Gasteiger partial charge in [-0.2, -0.15) is 0 Å². The maximum Gasteiger partial charge on any atom is 0.201 e. The highest BCUT2D eigenvalue weighted by atomic mass is 35.5. The van der Waals surface area contributed by atoms with E-state index in [-0.39, 0.29) is 12.4 Å². The van der Waals surface area contributed by atoms with Crippen LogP contribution >= 0.6 is 23.2 Å². The minimum Gasteiger partial charge on any atom is -0.389 e. The minimum atomic E-state index is 0.147. The second-order valence-electron chi connectivity index (χ2n) is 5.02. The molecule has 1 aromatic carbocycles. The zero-order valence-electron chi connectivity index (χ0n) is 12.6. The van der Waals surface area contributed by atoms with Crippen molar-refractivity contribution in [1.82, 2.24) is 15.2 Å². The van der Waals surface area contributed by atoms with Crippen LogP contribution in [0.2, 0.25) is 10.0 Å². The van der Waals surface area contributed by atoms with Gasteiger partial charge in [0.25, 0.3) is 0 Å². The molecule has 128 valence electrons. The molecule has 0 amide bonds. The maximum atomic E-state index is 6.12. The van der Waals surface area contributed by atoms with Crippen LogP contribution in [0.25, 0.3) is 0 Å². The van der Waals surface area contributed by atoms with Gasteiger partial charge in [0.1, 0.15) is 6.61 Å². The van der Waals surface area contributed by atoms with Crippen molar-refractivity contribution in [1.29, 1.82) is 0 Å². The second-order valence-corrected chi connectivity index (χ2v) is 5.87. The van der Waals surface area contributed by atoms with Crippen LogP contribution in [0.1, 0.15) is 11.3 Å². The van der Waals surface area contributed by atoms with Gasteiger partial charge in [-0.3, -0.25) is 0 Å². The largest absolute Gasteiger partial charge is 0.389 e. The molecule has 2 heterocycles. The van der Waals surface area contributed by atoms with Gasteiger partial charge in [-0.05, 0) is 22.4 Å². The average Bonchev–Trinajstić information content (AvgIpc) is 3.00. The molecule has 0 atom stereocenters. The van der Waals surface area contributed by atoms with E-state index in [1.807, 2.05) is 4.90 Å². The number of ether oxygens (including phenoxy) is 1. The van der Waals surface area contributed by atoms with Crippen LogP contribution in [-0.4, -0.2) is 47.4 Å². The number of oxime groups is 1. The topological polar surface area (TPSA) is 99.0 Å². The van der Waals surface area contributed by atoms with Crippen LogP contribution in [0.15, 0.2) is 28.0 Å². The Bertz CT molecular complexity index is 731. The summed E-state index contributed by atoms with van der Waals surface area (Å²) >= 11 is 12.0. The summed E-state index contributed by atoms with van der Waals surface area (Å²) in [6.45, 7) is 2.60. The van der Waals surface area contributed by atoms with Crippen molar-refractivity contribution in [3.8, 4) is 0 Å². The van der Waals surface area contributed by atoms with Gasteiger partial charge in [-0.1, -0.05) is 34.4 Å². The molecule has 0 saturated carbocycles. The molecule has 2 aromatic rings. The molecule has 10 heteroatoms. The third-order valence-corrected chi connectivity index (χ3v) is 4.01. The summed E-state index contributed by atoms with van der Waals surface area (Å²) < 4.78 is 10.00. The number of rotatable bonds is 4. The van der Waals surface area contributed by atoms with Crippen LogP contribution in [0, 0.1) is 0 Å². The van der Waals surface area contributed by atoms with Crippen molar-refractivity contribution in [2.45, 2.75) is 6.61 Å². The summed E-state index contributed by atoms with van der Waals surface area (Å²) in [5, 5.41) is 12.6. The van der Waals surface area contributed by atoms with Crippen LogP contribution in [-0.2, 0) is 16.2 Å². The van der Waals surface area contributed by atoms with Crippen molar-refractivity contribution in [3.05, 3.63) is 39.5 Å². The molecule has 2 N–H and O–H groups in total. The van der Waals surface area contributed by atoms with E-state index < -0.39 is 0 Å². The number of anilines is 1. The van der Waals surface area contributed by atoms with Crippen LogP contribution in [0.5, 0.6) is 0 Å². The summed E-state index contributed by atoms with van der Waals surface area (Å²) in [6.07, 6.45) is 0. The quantitative estimate of drug-likeness (QED) is 0.499. The molecule has 0 spiro atoms. The predicted molar refractivity (Wildman–Crippen MR) is 88.9 cm³/mol. The molecule has 0 radical (unpaired) electrons. The van der Waals surface area contributed by atoms with E-state index in [2.05, 4.69) is 20.1 Å². The number of amidine groups is 1. The van der Waals surface area contributed by atoms with E-state index in [9.17, 15) is 0 Å². The Balaban J connectivity index is 1.77. The molecule has 1 aliphatic heterocycles.